The van der Waals surface area contributed by atoms with Gasteiger partial charge in [-0.3, -0.25) is 9.78 Å². The zero-order valence-electron chi connectivity index (χ0n) is 31.8. The fourth-order valence-corrected chi connectivity index (χ4v) is 8.35. The second kappa shape index (κ2) is 18.9. The molecule has 0 unspecified atom stereocenters. The second-order valence-electron chi connectivity index (χ2n) is 14.4. The monoisotopic (exact) mass is 769 g/mol. The number of carbonyl (C=O) groups excluding carboxylic acids is 2. The van der Waals surface area contributed by atoms with E-state index in [0.29, 0.717) is 36.5 Å². The van der Waals surface area contributed by atoms with Crippen molar-refractivity contribution in [2.45, 2.75) is 70.2 Å². The molecule has 4 aromatic rings. The molecule has 3 N–H and O–H groups in total. The van der Waals surface area contributed by atoms with Gasteiger partial charge in [-0.2, -0.15) is 4.31 Å². The van der Waals surface area contributed by atoms with E-state index in [2.05, 4.69) is 15.5 Å². The average Bonchev–Trinajstić information content (AvgIpc) is 3.53. The number of urea groups is 1. The van der Waals surface area contributed by atoms with E-state index >= 15 is 0 Å². The summed E-state index contributed by atoms with van der Waals surface area (Å²) in [6, 6.07) is 24.5. The van der Waals surface area contributed by atoms with Crippen LogP contribution < -0.4 is 5.32 Å². The van der Waals surface area contributed by atoms with E-state index < -0.39 is 34.1 Å². The average molecular weight is 770 g/mol. The van der Waals surface area contributed by atoms with Crippen LogP contribution in [0, 0.1) is 11.8 Å². The first-order chi connectivity index (χ1) is 26.4. The minimum atomic E-state index is -4.08. The molecular weight excluding hydrogens is 719 g/mol. The van der Waals surface area contributed by atoms with Gasteiger partial charge in [0.1, 0.15) is 6.04 Å². The van der Waals surface area contributed by atoms with E-state index in [9.17, 15) is 23.1 Å². The standard InChI is InChI=1S/C41H51N7O6S/c1-5-30(4)39(48-23-22-46(41(48)51)27-33-14-11-16-36(44-33)35-15-9-10-21-42-35)40(50)45-37(24-31-12-7-6-8-13-31)38(49)28-47(26-29(2)3)55(53,54)34-19-17-32(18-20-34)25-43-52/h6-21,25,29-30,37-39,49,52H,5,22-24,26-28H2,1-4H3,(H,45,50)/b43-25+/t30-,37-,38+,39-/m0/s1. The highest BCUT2D eigenvalue weighted by Crippen LogP contribution is 2.25. The fraction of sp³-hybridized carbons (Fsp3) is 0.390. The molecule has 0 radical (unpaired) electrons. The fourth-order valence-electron chi connectivity index (χ4n) is 6.73. The van der Waals surface area contributed by atoms with Gasteiger partial charge >= 0.3 is 6.03 Å². The van der Waals surface area contributed by atoms with Gasteiger partial charge < -0.3 is 25.4 Å². The van der Waals surface area contributed by atoms with E-state index in [0.717, 1.165) is 11.3 Å². The van der Waals surface area contributed by atoms with Gasteiger partial charge in [-0.25, -0.2) is 18.2 Å². The summed E-state index contributed by atoms with van der Waals surface area (Å²) in [5.41, 5.74) is 3.49. The van der Waals surface area contributed by atoms with Gasteiger partial charge in [0.15, 0.2) is 0 Å². The third-order valence-corrected chi connectivity index (χ3v) is 11.6. The SMILES string of the molecule is CC[C@H](C)[C@@H](C(=O)N[C@@H](Cc1ccccc1)[C@H](O)CN(CC(C)C)S(=O)(=O)c1ccc(/C=N/O)cc1)N1CCN(Cc2cccc(-c3ccccn3)n2)C1=O. The molecule has 13 nitrogen and oxygen atoms in total. The number of aliphatic hydroxyl groups excluding tert-OH is 1. The van der Waals surface area contributed by atoms with Gasteiger partial charge in [0.2, 0.25) is 15.9 Å². The summed E-state index contributed by atoms with van der Waals surface area (Å²) in [5, 5.41) is 26.8. The van der Waals surface area contributed by atoms with Gasteiger partial charge in [0.05, 0.1) is 46.9 Å². The normalized spacial score (nSPS) is 15.8. The summed E-state index contributed by atoms with van der Waals surface area (Å²) in [4.78, 5) is 40.8. The molecule has 0 saturated carbocycles. The molecule has 55 heavy (non-hydrogen) atoms. The lowest BCUT2D eigenvalue weighted by Gasteiger charge is -2.35. The van der Waals surface area contributed by atoms with Crippen LogP contribution in [0.5, 0.6) is 0 Å². The van der Waals surface area contributed by atoms with E-state index in [1.807, 2.05) is 94.4 Å². The minimum absolute atomic E-state index is 0.0201. The number of hydrogen-bond donors (Lipinski definition) is 3. The number of sulfonamides is 1. The lowest BCUT2D eigenvalue weighted by atomic mass is 9.95. The molecule has 14 heteroatoms. The van der Waals surface area contributed by atoms with Crippen LogP contribution in [-0.4, -0.2) is 105 Å². The Balaban J connectivity index is 1.36. The maximum atomic E-state index is 14.4. The predicted molar refractivity (Wildman–Crippen MR) is 211 cm³/mol. The molecule has 1 aliphatic rings. The molecule has 0 spiro atoms. The summed E-state index contributed by atoms with van der Waals surface area (Å²) < 4.78 is 29.2. The number of aromatic nitrogens is 2. The molecule has 4 atom stereocenters. The maximum absolute atomic E-state index is 14.4. The number of rotatable bonds is 18. The van der Waals surface area contributed by atoms with Crippen molar-refractivity contribution in [3.8, 4) is 11.4 Å². The van der Waals surface area contributed by atoms with Crippen LogP contribution in [0.15, 0.2) is 107 Å². The summed E-state index contributed by atoms with van der Waals surface area (Å²) in [5.74, 6) is -0.712. The first-order valence-electron chi connectivity index (χ1n) is 18.6. The lowest BCUT2D eigenvalue weighted by Crippen LogP contribution is -2.57. The molecule has 1 fully saturated rings. The van der Waals surface area contributed by atoms with E-state index in [1.165, 1.54) is 34.8 Å². The van der Waals surface area contributed by atoms with Crippen molar-refractivity contribution in [1.82, 2.24) is 29.4 Å². The summed E-state index contributed by atoms with van der Waals surface area (Å²) in [6.45, 7) is 8.50. The highest BCUT2D eigenvalue weighted by atomic mass is 32.2. The summed E-state index contributed by atoms with van der Waals surface area (Å²) in [7, 11) is -4.08. The molecular formula is C41H51N7O6S. The Morgan fingerprint density at radius 1 is 0.945 bits per heavy atom. The van der Waals surface area contributed by atoms with Crippen molar-refractivity contribution in [2.75, 3.05) is 26.2 Å². The van der Waals surface area contributed by atoms with E-state index in [1.54, 1.807) is 16.0 Å². The molecule has 3 amide bonds. The molecule has 292 valence electrons. The van der Waals surface area contributed by atoms with Gasteiger partial charge in [0, 0.05) is 32.4 Å². The van der Waals surface area contributed by atoms with Gasteiger partial charge in [-0.05, 0) is 65.8 Å². The summed E-state index contributed by atoms with van der Waals surface area (Å²) in [6.07, 6.45) is 2.44. The number of hydrogen-bond acceptors (Lipinski definition) is 9. The molecule has 1 aliphatic heterocycles. The molecule has 1 saturated heterocycles. The highest BCUT2D eigenvalue weighted by molar-refractivity contribution is 7.89. The Hall–Kier alpha value is -5.18. The number of benzene rings is 2. The van der Waals surface area contributed by atoms with Crippen molar-refractivity contribution < 1.29 is 28.3 Å². The first-order valence-corrected chi connectivity index (χ1v) is 20.1. The number of pyridine rings is 2. The summed E-state index contributed by atoms with van der Waals surface area (Å²) >= 11 is 0. The largest absolute Gasteiger partial charge is 0.411 e. The van der Waals surface area contributed by atoms with Gasteiger partial charge in [-0.1, -0.05) is 93.9 Å². The molecule has 2 aromatic carbocycles. The number of oxime groups is 1. The topological polar surface area (TPSA) is 169 Å². The maximum Gasteiger partial charge on any atom is 0.321 e. The Morgan fingerprint density at radius 2 is 1.65 bits per heavy atom. The van der Waals surface area contributed by atoms with Crippen LogP contribution in [0.1, 0.15) is 50.9 Å². The van der Waals surface area contributed by atoms with Crippen LogP contribution in [-0.2, 0) is 27.8 Å². The Morgan fingerprint density at radius 3 is 2.31 bits per heavy atom. The van der Waals surface area contributed by atoms with Crippen LogP contribution >= 0.6 is 0 Å². The molecule has 0 bridgehead atoms. The smallest absolute Gasteiger partial charge is 0.321 e. The van der Waals surface area contributed by atoms with Gasteiger partial charge in [-0.15, -0.1) is 0 Å². The molecule has 2 aromatic heterocycles. The van der Waals surface area contributed by atoms with E-state index in [4.69, 9.17) is 10.2 Å². The Labute approximate surface area is 323 Å². The third kappa shape index (κ3) is 10.5. The first kappa shape index (κ1) is 41.0. The van der Waals surface area contributed by atoms with Crippen molar-refractivity contribution in [2.24, 2.45) is 17.0 Å². The zero-order chi connectivity index (χ0) is 39.5. The number of aliphatic hydroxyl groups is 1. The predicted octanol–water partition coefficient (Wildman–Crippen LogP) is 5.04. The van der Waals surface area contributed by atoms with Gasteiger partial charge in [0.25, 0.3) is 0 Å². The molecule has 5 rings (SSSR count). The van der Waals surface area contributed by atoms with Crippen molar-refractivity contribution in [1.29, 1.82) is 0 Å². The van der Waals surface area contributed by atoms with Crippen molar-refractivity contribution >= 4 is 28.2 Å². The number of carbonyl (C=O) groups is 2. The highest BCUT2D eigenvalue weighted by Gasteiger charge is 2.41. The Bertz CT molecular complexity index is 2000. The van der Waals surface area contributed by atoms with Crippen LogP contribution in [0.3, 0.4) is 0 Å². The zero-order valence-corrected chi connectivity index (χ0v) is 32.6. The Kier molecular flexibility index (Phi) is 14.1. The van der Waals surface area contributed by atoms with E-state index in [-0.39, 0.29) is 48.8 Å². The lowest BCUT2D eigenvalue weighted by molar-refractivity contribution is -0.128. The minimum Gasteiger partial charge on any atom is -0.411 e. The quantitative estimate of drug-likeness (QED) is 0.0719. The van der Waals surface area contributed by atoms with Crippen LogP contribution in [0.25, 0.3) is 11.4 Å². The number of nitrogens with zero attached hydrogens (tertiary/aromatic N) is 6. The van der Waals surface area contributed by atoms with Crippen molar-refractivity contribution in [3.63, 3.8) is 0 Å². The number of nitrogens with one attached hydrogen (secondary N) is 1. The van der Waals surface area contributed by atoms with Crippen LogP contribution in [0.4, 0.5) is 4.79 Å². The second-order valence-corrected chi connectivity index (χ2v) is 16.3. The number of amides is 3. The van der Waals surface area contributed by atoms with Crippen molar-refractivity contribution in [3.05, 3.63) is 114 Å². The molecule has 3 heterocycles. The third-order valence-electron chi connectivity index (χ3n) is 9.78. The molecule has 0 aliphatic carbocycles. The van der Waals surface area contributed by atoms with Crippen LogP contribution in [0.2, 0.25) is 0 Å².